The summed E-state index contributed by atoms with van der Waals surface area (Å²) in [5, 5.41) is 19.8. The van der Waals surface area contributed by atoms with E-state index < -0.39 is 4.92 Å². The number of rotatable bonds is 5. The van der Waals surface area contributed by atoms with Gasteiger partial charge in [-0.2, -0.15) is 0 Å². The molecule has 0 fully saturated rings. The zero-order valence-electron chi connectivity index (χ0n) is 10.5. The van der Waals surface area contributed by atoms with Crippen molar-refractivity contribution in [2.24, 2.45) is 0 Å². The number of non-ortho nitro benzene ring substituents is 1. The molecule has 0 saturated heterocycles. The molecule has 2 aromatic carbocycles. The normalized spacial score (nSPS) is 10.3. The van der Waals surface area contributed by atoms with Crippen LogP contribution in [0.25, 0.3) is 0 Å². The minimum absolute atomic E-state index is 0.0194. The molecule has 0 heterocycles. The third-order valence-corrected chi connectivity index (χ3v) is 3.10. The summed E-state index contributed by atoms with van der Waals surface area (Å²) in [5.74, 6) is 0.636. The van der Waals surface area contributed by atoms with Gasteiger partial charge in [0.05, 0.1) is 16.6 Å². The SMILES string of the molecule is O=[N+]([O-])c1ccc(COc2ccc(CO)cc2)c(Cl)c1. The largest absolute Gasteiger partial charge is 0.489 e. The molecule has 0 aromatic heterocycles. The predicted molar refractivity (Wildman–Crippen MR) is 74.8 cm³/mol. The van der Waals surface area contributed by atoms with Gasteiger partial charge in [-0.15, -0.1) is 0 Å². The van der Waals surface area contributed by atoms with Gasteiger partial charge >= 0.3 is 0 Å². The number of nitrogens with zero attached hydrogens (tertiary/aromatic N) is 1. The van der Waals surface area contributed by atoms with Gasteiger partial charge in [-0.25, -0.2) is 0 Å². The Labute approximate surface area is 120 Å². The zero-order chi connectivity index (χ0) is 14.5. The molecule has 104 valence electrons. The molecule has 20 heavy (non-hydrogen) atoms. The van der Waals surface area contributed by atoms with Gasteiger partial charge in [0.25, 0.3) is 5.69 Å². The van der Waals surface area contributed by atoms with Crippen LogP contribution in [-0.2, 0) is 13.2 Å². The maximum Gasteiger partial charge on any atom is 0.270 e. The Morgan fingerprint density at radius 3 is 2.45 bits per heavy atom. The summed E-state index contributed by atoms with van der Waals surface area (Å²) in [5.41, 5.74) is 1.42. The van der Waals surface area contributed by atoms with E-state index in [1.54, 1.807) is 30.3 Å². The van der Waals surface area contributed by atoms with E-state index in [0.29, 0.717) is 16.3 Å². The van der Waals surface area contributed by atoms with Crippen LogP contribution in [0.2, 0.25) is 5.02 Å². The zero-order valence-corrected chi connectivity index (χ0v) is 11.2. The molecule has 0 aliphatic rings. The number of hydrogen-bond donors (Lipinski definition) is 1. The van der Waals surface area contributed by atoms with Crippen molar-refractivity contribution in [2.75, 3.05) is 0 Å². The smallest absolute Gasteiger partial charge is 0.270 e. The van der Waals surface area contributed by atoms with Crippen molar-refractivity contribution in [1.82, 2.24) is 0 Å². The molecule has 6 heteroatoms. The molecule has 0 amide bonds. The summed E-state index contributed by atoms with van der Waals surface area (Å²) in [6.07, 6.45) is 0. The highest BCUT2D eigenvalue weighted by atomic mass is 35.5. The Bertz CT molecular complexity index is 613. The molecule has 2 aromatic rings. The number of aliphatic hydroxyl groups is 1. The molecule has 0 aliphatic heterocycles. The van der Waals surface area contributed by atoms with E-state index in [1.807, 2.05) is 0 Å². The Hall–Kier alpha value is -2.11. The van der Waals surface area contributed by atoms with Crippen LogP contribution in [0.1, 0.15) is 11.1 Å². The van der Waals surface area contributed by atoms with Crippen molar-refractivity contribution in [3.8, 4) is 5.75 Å². The van der Waals surface area contributed by atoms with Crippen molar-refractivity contribution >= 4 is 17.3 Å². The second kappa shape index (κ2) is 6.36. The number of aliphatic hydroxyl groups excluding tert-OH is 1. The van der Waals surface area contributed by atoms with Gasteiger partial charge in [0.15, 0.2) is 0 Å². The highest BCUT2D eigenvalue weighted by Gasteiger charge is 2.09. The average molecular weight is 294 g/mol. The predicted octanol–water partition coefficient (Wildman–Crippen LogP) is 3.32. The van der Waals surface area contributed by atoms with E-state index in [1.165, 1.54) is 12.1 Å². The van der Waals surface area contributed by atoms with Crippen LogP contribution in [0.4, 0.5) is 5.69 Å². The van der Waals surface area contributed by atoms with Crippen LogP contribution in [0.15, 0.2) is 42.5 Å². The first-order valence-electron chi connectivity index (χ1n) is 5.85. The van der Waals surface area contributed by atoms with Crippen LogP contribution in [-0.4, -0.2) is 10.0 Å². The summed E-state index contributed by atoms with van der Waals surface area (Å²) in [7, 11) is 0. The average Bonchev–Trinajstić information content (AvgIpc) is 2.46. The lowest BCUT2D eigenvalue weighted by molar-refractivity contribution is -0.384. The van der Waals surface area contributed by atoms with Crippen molar-refractivity contribution in [3.05, 3.63) is 68.7 Å². The molecular formula is C14H12ClNO4. The summed E-state index contributed by atoms with van der Waals surface area (Å²) in [6.45, 7) is 0.198. The summed E-state index contributed by atoms with van der Waals surface area (Å²) < 4.78 is 5.54. The van der Waals surface area contributed by atoms with Gasteiger partial charge in [0.2, 0.25) is 0 Å². The minimum atomic E-state index is -0.496. The van der Waals surface area contributed by atoms with Crippen molar-refractivity contribution in [3.63, 3.8) is 0 Å². The molecule has 0 unspecified atom stereocenters. The first-order valence-corrected chi connectivity index (χ1v) is 6.23. The van der Waals surface area contributed by atoms with Gasteiger partial charge in [-0.05, 0) is 23.8 Å². The lowest BCUT2D eigenvalue weighted by Gasteiger charge is -2.08. The van der Waals surface area contributed by atoms with Crippen LogP contribution < -0.4 is 4.74 Å². The maximum atomic E-state index is 10.6. The Balaban J connectivity index is 2.04. The fourth-order valence-electron chi connectivity index (χ4n) is 1.62. The first kappa shape index (κ1) is 14.3. The molecule has 0 spiro atoms. The summed E-state index contributed by atoms with van der Waals surface area (Å²) in [6, 6.07) is 11.3. The second-order valence-electron chi connectivity index (χ2n) is 4.12. The fourth-order valence-corrected chi connectivity index (χ4v) is 1.85. The molecule has 2 rings (SSSR count). The third-order valence-electron chi connectivity index (χ3n) is 2.75. The number of hydrogen-bond acceptors (Lipinski definition) is 4. The highest BCUT2D eigenvalue weighted by Crippen LogP contribution is 2.24. The number of nitro benzene ring substituents is 1. The molecule has 0 aliphatic carbocycles. The van der Waals surface area contributed by atoms with E-state index in [4.69, 9.17) is 21.4 Å². The fraction of sp³-hybridized carbons (Fsp3) is 0.143. The molecular weight excluding hydrogens is 282 g/mol. The van der Waals surface area contributed by atoms with Crippen molar-refractivity contribution in [2.45, 2.75) is 13.2 Å². The Morgan fingerprint density at radius 1 is 1.20 bits per heavy atom. The lowest BCUT2D eigenvalue weighted by Crippen LogP contribution is -1.97. The molecule has 0 radical (unpaired) electrons. The van der Waals surface area contributed by atoms with E-state index in [0.717, 1.165) is 5.56 Å². The van der Waals surface area contributed by atoms with Crippen molar-refractivity contribution in [1.29, 1.82) is 0 Å². The van der Waals surface area contributed by atoms with E-state index in [2.05, 4.69) is 0 Å². The van der Waals surface area contributed by atoms with E-state index >= 15 is 0 Å². The Kier molecular flexibility index (Phi) is 4.55. The van der Waals surface area contributed by atoms with Crippen molar-refractivity contribution < 1.29 is 14.8 Å². The highest BCUT2D eigenvalue weighted by molar-refractivity contribution is 6.31. The maximum absolute atomic E-state index is 10.6. The number of benzene rings is 2. The topological polar surface area (TPSA) is 72.6 Å². The van der Waals surface area contributed by atoms with Crippen LogP contribution >= 0.6 is 11.6 Å². The van der Waals surface area contributed by atoms with Gasteiger partial charge in [-0.3, -0.25) is 10.1 Å². The molecule has 1 N–H and O–H groups in total. The lowest BCUT2D eigenvalue weighted by atomic mass is 10.2. The van der Waals surface area contributed by atoms with Crippen LogP contribution in [0.5, 0.6) is 5.75 Å². The summed E-state index contributed by atoms with van der Waals surface area (Å²) >= 11 is 5.97. The minimum Gasteiger partial charge on any atom is -0.489 e. The van der Waals surface area contributed by atoms with Crippen LogP contribution in [0, 0.1) is 10.1 Å². The molecule has 0 atom stereocenters. The van der Waals surface area contributed by atoms with Gasteiger partial charge < -0.3 is 9.84 Å². The van der Waals surface area contributed by atoms with Crippen LogP contribution in [0.3, 0.4) is 0 Å². The molecule has 5 nitrogen and oxygen atoms in total. The van der Waals surface area contributed by atoms with Gasteiger partial charge in [0, 0.05) is 17.7 Å². The quantitative estimate of drug-likeness (QED) is 0.678. The van der Waals surface area contributed by atoms with E-state index in [-0.39, 0.29) is 18.9 Å². The van der Waals surface area contributed by atoms with Gasteiger partial charge in [0.1, 0.15) is 12.4 Å². The number of ether oxygens (including phenoxy) is 1. The summed E-state index contributed by atoms with van der Waals surface area (Å²) in [4.78, 5) is 10.1. The van der Waals surface area contributed by atoms with Gasteiger partial charge in [-0.1, -0.05) is 23.7 Å². The standard InChI is InChI=1S/C14H12ClNO4/c15-14-7-12(16(18)19)4-3-11(14)9-20-13-5-1-10(8-17)2-6-13/h1-7,17H,8-9H2. The number of nitro groups is 1. The second-order valence-corrected chi connectivity index (χ2v) is 4.53. The monoisotopic (exact) mass is 293 g/mol. The van der Waals surface area contributed by atoms with E-state index in [9.17, 15) is 10.1 Å². The third kappa shape index (κ3) is 3.46. The Morgan fingerprint density at radius 2 is 1.90 bits per heavy atom. The molecule has 0 bridgehead atoms. The number of halogens is 1. The molecule has 0 saturated carbocycles. The first-order chi connectivity index (χ1) is 9.60.